The Bertz CT molecular complexity index is 133. The smallest absolute Gasteiger partial charge is 0.317 e. The summed E-state index contributed by atoms with van der Waals surface area (Å²) in [6.07, 6.45) is 0. The second-order valence-electron chi connectivity index (χ2n) is 2.53. The van der Waals surface area contributed by atoms with Crippen LogP contribution in [-0.2, 0) is 9.47 Å². The van der Waals surface area contributed by atoms with Crippen molar-refractivity contribution in [1.82, 2.24) is 10.2 Å². The van der Waals surface area contributed by atoms with Crippen LogP contribution in [0.15, 0.2) is 0 Å². The van der Waals surface area contributed by atoms with Crippen LogP contribution in [0.1, 0.15) is 0 Å². The number of methoxy groups -OCH3 is 2. The maximum Gasteiger partial charge on any atom is 0.317 e. The van der Waals surface area contributed by atoms with Crippen molar-refractivity contribution < 1.29 is 14.3 Å². The molecule has 0 bridgehead atoms. The van der Waals surface area contributed by atoms with Gasteiger partial charge in [-0.05, 0) is 0 Å². The molecular weight excluding hydrogens is 172 g/mol. The molecule has 0 aliphatic rings. The maximum absolute atomic E-state index is 11.2. The van der Waals surface area contributed by atoms with Crippen molar-refractivity contribution in [3.05, 3.63) is 0 Å². The average Bonchev–Trinajstić information content (AvgIpc) is 2.17. The molecule has 13 heavy (non-hydrogen) atoms. The zero-order chi connectivity index (χ0) is 10.1. The van der Waals surface area contributed by atoms with Gasteiger partial charge in [0.25, 0.3) is 0 Å². The Balaban J connectivity index is 3.79. The summed E-state index contributed by atoms with van der Waals surface area (Å²) in [7, 11) is 4.83. The molecule has 1 N–H and O–H groups in total. The van der Waals surface area contributed by atoms with Crippen LogP contribution in [0.4, 0.5) is 4.79 Å². The Labute approximate surface area is 79.0 Å². The van der Waals surface area contributed by atoms with Gasteiger partial charge in [-0.2, -0.15) is 0 Å². The van der Waals surface area contributed by atoms with E-state index in [4.69, 9.17) is 9.47 Å². The Hall–Kier alpha value is -0.810. The normalized spacial score (nSPS) is 9.77. The zero-order valence-corrected chi connectivity index (χ0v) is 8.50. The molecule has 5 heteroatoms. The SMILES string of the molecule is CNC(=O)N(CCOC)CCOC. The van der Waals surface area contributed by atoms with Gasteiger partial charge in [0.05, 0.1) is 13.2 Å². The first kappa shape index (κ1) is 12.2. The van der Waals surface area contributed by atoms with E-state index in [1.54, 1.807) is 26.2 Å². The highest BCUT2D eigenvalue weighted by molar-refractivity contribution is 5.73. The third-order valence-corrected chi connectivity index (χ3v) is 1.63. The Morgan fingerprint density at radius 3 is 2.00 bits per heavy atom. The molecule has 0 saturated heterocycles. The van der Waals surface area contributed by atoms with Crippen molar-refractivity contribution in [1.29, 1.82) is 0 Å². The molecule has 0 aliphatic carbocycles. The lowest BCUT2D eigenvalue weighted by Gasteiger charge is -2.21. The Kier molecular flexibility index (Phi) is 7.33. The second kappa shape index (κ2) is 7.82. The van der Waals surface area contributed by atoms with Crippen molar-refractivity contribution in [2.24, 2.45) is 0 Å². The lowest BCUT2D eigenvalue weighted by atomic mass is 10.5. The number of nitrogens with one attached hydrogen (secondary N) is 1. The summed E-state index contributed by atoms with van der Waals surface area (Å²) in [5.74, 6) is 0. The molecule has 0 aliphatic heterocycles. The lowest BCUT2D eigenvalue weighted by Crippen LogP contribution is -2.41. The van der Waals surface area contributed by atoms with E-state index < -0.39 is 0 Å². The lowest BCUT2D eigenvalue weighted by molar-refractivity contribution is 0.123. The van der Waals surface area contributed by atoms with Gasteiger partial charge in [-0.1, -0.05) is 0 Å². The molecule has 78 valence electrons. The number of hydrogen-bond acceptors (Lipinski definition) is 3. The fourth-order valence-electron chi connectivity index (χ4n) is 0.876. The number of rotatable bonds is 6. The standard InChI is InChI=1S/C8H18N2O3/c1-9-8(11)10(4-6-12-2)5-7-13-3/h4-7H2,1-3H3,(H,9,11). The minimum atomic E-state index is -0.103. The van der Waals surface area contributed by atoms with Gasteiger partial charge in [0.2, 0.25) is 0 Å². The van der Waals surface area contributed by atoms with E-state index in [1.807, 2.05) is 0 Å². The molecule has 0 rings (SSSR count). The molecule has 0 radical (unpaired) electrons. The van der Waals surface area contributed by atoms with Crippen molar-refractivity contribution in [2.75, 3.05) is 47.6 Å². The van der Waals surface area contributed by atoms with Gasteiger partial charge >= 0.3 is 6.03 Å². The van der Waals surface area contributed by atoms with Crippen LogP contribution in [0.2, 0.25) is 0 Å². The summed E-state index contributed by atoms with van der Waals surface area (Å²) in [6, 6.07) is -0.103. The van der Waals surface area contributed by atoms with E-state index in [1.165, 1.54) is 0 Å². The number of carbonyl (C=O) groups excluding carboxylic acids is 1. The van der Waals surface area contributed by atoms with Crippen LogP contribution < -0.4 is 5.32 Å². The number of hydrogen-bond donors (Lipinski definition) is 1. The molecule has 0 unspecified atom stereocenters. The molecule has 0 saturated carbocycles. The number of urea groups is 1. The van der Waals surface area contributed by atoms with Crippen LogP contribution in [0.25, 0.3) is 0 Å². The van der Waals surface area contributed by atoms with E-state index in [2.05, 4.69) is 5.32 Å². The molecule has 0 heterocycles. The molecule has 0 aromatic rings. The highest BCUT2D eigenvalue weighted by Crippen LogP contribution is 1.89. The topological polar surface area (TPSA) is 50.8 Å². The zero-order valence-electron chi connectivity index (χ0n) is 8.50. The molecule has 5 nitrogen and oxygen atoms in total. The van der Waals surface area contributed by atoms with E-state index >= 15 is 0 Å². The number of nitrogens with zero attached hydrogens (tertiary/aromatic N) is 1. The van der Waals surface area contributed by atoms with Gasteiger partial charge in [0.1, 0.15) is 0 Å². The quantitative estimate of drug-likeness (QED) is 0.637. The largest absolute Gasteiger partial charge is 0.383 e. The fraction of sp³-hybridized carbons (Fsp3) is 0.875. The molecular formula is C8H18N2O3. The van der Waals surface area contributed by atoms with E-state index in [0.29, 0.717) is 26.3 Å². The van der Waals surface area contributed by atoms with Crippen LogP contribution in [-0.4, -0.2) is 58.5 Å². The minimum Gasteiger partial charge on any atom is -0.383 e. The van der Waals surface area contributed by atoms with Crippen molar-refractivity contribution in [2.45, 2.75) is 0 Å². The first-order valence-electron chi connectivity index (χ1n) is 4.20. The summed E-state index contributed by atoms with van der Waals surface area (Å²) in [5.41, 5.74) is 0. The monoisotopic (exact) mass is 190 g/mol. The first-order valence-corrected chi connectivity index (χ1v) is 4.20. The number of carbonyl (C=O) groups is 1. The molecule has 0 atom stereocenters. The first-order chi connectivity index (χ1) is 6.26. The molecule has 2 amide bonds. The van der Waals surface area contributed by atoms with Gasteiger partial charge in [-0.3, -0.25) is 0 Å². The van der Waals surface area contributed by atoms with Crippen LogP contribution in [0, 0.1) is 0 Å². The maximum atomic E-state index is 11.2. The summed E-state index contributed by atoms with van der Waals surface area (Å²) < 4.78 is 9.77. The van der Waals surface area contributed by atoms with Gasteiger partial charge in [-0.15, -0.1) is 0 Å². The number of amides is 2. The highest BCUT2D eigenvalue weighted by Gasteiger charge is 2.09. The fourth-order valence-corrected chi connectivity index (χ4v) is 0.876. The number of ether oxygens (including phenoxy) is 2. The molecule has 0 aromatic heterocycles. The van der Waals surface area contributed by atoms with E-state index in [-0.39, 0.29) is 6.03 Å². The van der Waals surface area contributed by atoms with Crippen LogP contribution in [0.3, 0.4) is 0 Å². The van der Waals surface area contributed by atoms with E-state index in [0.717, 1.165) is 0 Å². The van der Waals surface area contributed by atoms with Crippen LogP contribution in [0.5, 0.6) is 0 Å². The summed E-state index contributed by atoms with van der Waals surface area (Å²) in [6.45, 7) is 2.24. The van der Waals surface area contributed by atoms with E-state index in [9.17, 15) is 4.79 Å². The van der Waals surface area contributed by atoms with Crippen LogP contribution >= 0.6 is 0 Å². The van der Waals surface area contributed by atoms with Crippen molar-refractivity contribution >= 4 is 6.03 Å². The van der Waals surface area contributed by atoms with Gasteiger partial charge in [0, 0.05) is 34.4 Å². The third-order valence-electron chi connectivity index (χ3n) is 1.63. The summed E-state index contributed by atoms with van der Waals surface area (Å²) in [4.78, 5) is 12.9. The predicted octanol–water partition coefficient (Wildman–Crippen LogP) is -0.0794. The van der Waals surface area contributed by atoms with Gasteiger partial charge < -0.3 is 19.7 Å². The second-order valence-corrected chi connectivity index (χ2v) is 2.53. The highest BCUT2D eigenvalue weighted by atomic mass is 16.5. The predicted molar refractivity (Wildman–Crippen MR) is 49.8 cm³/mol. The van der Waals surface area contributed by atoms with Crippen molar-refractivity contribution in [3.63, 3.8) is 0 Å². The average molecular weight is 190 g/mol. The third kappa shape index (κ3) is 5.43. The molecule has 0 spiro atoms. The molecule has 0 fully saturated rings. The summed E-state index contributed by atoms with van der Waals surface area (Å²) >= 11 is 0. The Morgan fingerprint density at radius 2 is 1.69 bits per heavy atom. The summed E-state index contributed by atoms with van der Waals surface area (Å²) in [5, 5.41) is 2.56. The van der Waals surface area contributed by atoms with Gasteiger partial charge in [0.15, 0.2) is 0 Å². The van der Waals surface area contributed by atoms with Crippen molar-refractivity contribution in [3.8, 4) is 0 Å². The molecule has 0 aromatic carbocycles. The minimum absolute atomic E-state index is 0.103. The van der Waals surface area contributed by atoms with Gasteiger partial charge in [-0.25, -0.2) is 4.79 Å². The Morgan fingerprint density at radius 1 is 1.23 bits per heavy atom.